The first-order chi connectivity index (χ1) is 9.88. The van der Waals surface area contributed by atoms with E-state index in [2.05, 4.69) is 4.72 Å². The molecule has 3 N–H and O–H groups in total. The summed E-state index contributed by atoms with van der Waals surface area (Å²) in [4.78, 5) is 0.182. The maximum atomic E-state index is 13.0. The molecule has 0 saturated heterocycles. The zero-order valence-corrected chi connectivity index (χ0v) is 12.5. The second-order valence-corrected chi connectivity index (χ2v) is 6.55. The number of benzene rings is 2. The second kappa shape index (κ2) is 6.30. The normalized spacial score (nSPS) is 11.3. The van der Waals surface area contributed by atoms with Crippen LogP contribution in [0.15, 0.2) is 53.4 Å². The van der Waals surface area contributed by atoms with E-state index in [0.29, 0.717) is 11.1 Å². The van der Waals surface area contributed by atoms with Gasteiger partial charge < -0.3 is 5.73 Å². The van der Waals surface area contributed by atoms with E-state index in [4.69, 9.17) is 18.0 Å². The van der Waals surface area contributed by atoms with Crippen molar-refractivity contribution in [2.75, 3.05) is 0 Å². The van der Waals surface area contributed by atoms with Crippen LogP contribution in [0.2, 0.25) is 0 Å². The molecule has 110 valence electrons. The lowest BCUT2D eigenvalue weighted by Gasteiger charge is -2.08. The molecule has 0 aromatic heterocycles. The minimum atomic E-state index is -3.71. The van der Waals surface area contributed by atoms with Gasteiger partial charge in [0.05, 0.1) is 4.90 Å². The molecular formula is C14H13FN2O2S2. The predicted octanol–water partition coefficient (Wildman–Crippen LogP) is 1.94. The van der Waals surface area contributed by atoms with E-state index in [0.717, 1.165) is 0 Å². The molecule has 2 aromatic rings. The van der Waals surface area contributed by atoms with Crippen LogP contribution >= 0.6 is 12.2 Å². The fraction of sp³-hybridized carbons (Fsp3) is 0.0714. The van der Waals surface area contributed by atoms with Crippen LogP contribution in [0.5, 0.6) is 0 Å². The number of thiocarbonyl (C=S) groups is 1. The SMILES string of the molecule is NC(=S)c1cccc(S(=O)(=O)NCc2cccc(F)c2)c1. The summed E-state index contributed by atoms with van der Waals surface area (Å²) >= 11 is 4.82. The molecule has 0 unspecified atom stereocenters. The molecule has 21 heavy (non-hydrogen) atoms. The van der Waals surface area contributed by atoms with E-state index in [1.807, 2.05) is 0 Å². The summed E-state index contributed by atoms with van der Waals surface area (Å²) in [5, 5.41) is 0. The van der Waals surface area contributed by atoms with Crippen molar-refractivity contribution >= 4 is 27.2 Å². The largest absolute Gasteiger partial charge is 0.389 e. The molecule has 0 heterocycles. The molecule has 0 bridgehead atoms. The van der Waals surface area contributed by atoms with Crippen molar-refractivity contribution in [2.45, 2.75) is 11.4 Å². The molecule has 0 aliphatic carbocycles. The lowest BCUT2D eigenvalue weighted by Crippen LogP contribution is -2.23. The minimum Gasteiger partial charge on any atom is -0.389 e. The highest BCUT2D eigenvalue weighted by molar-refractivity contribution is 7.89. The van der Waals surface area contributed by atoms with Crippen molar-refractivity contribution in [3.8, 4) is 0 Å². The third-order valence-electron chi connectivity index (χ3n) is 2.78. The van der Waals surface area contributed by atoms with Crippen molar-refractivity contribution in [2.24, 2.45) is 5.73 Å². The van der Waals surface area contributed by atoms with Crippen molar-refractivity contribution < 1.29 is 12.8 Å². The summed E-state index contributed by atoms with van der Waals surface area (Å²) < 4.78 is 39.8. The van der Waals surface area contributed by atoms with Crippen LogP contribution in [0.3, 0.4) is 0 Å². The quantitative estimate of drug-likeness (QED) is 0.825. The summed E-state index contributed by atoms with van der Waals surface area (Å²) in [5.41, 5.74) is 6.48. The van der Waals surface area contributed by atoms with Gasteiger partial charge in [-0.2, -0.15) is 0 Å². The average molecular weight is 324 g/mol. The van der Waals surface area contributed by atoms with Crippen molar-refractivity contribution in [1.82, 2.24) is 4.72 Å². The van der Waals surface area contributed by atoms with Gasteiger partial charge >= 0.3 is 0 Å². The smallest absolute Gasteiger partial charge is 0.240 e. The number of sulfonamides is 1. The lowest BCUT2D eigenvalue weighted by atomic mass is 10.2. The third-order valence-corrected chi connectivity index (χ3v) is 4.42. The molecule has 0 fully saturated rings. The number of nitrogens with two attached hydrogens (primary N) is 1. The fourth-order valence-corrected chi connectivity index (χ4v) is 2.92. The van der Waals surface area contributed by atoms with Gasteiger partial charge in [0.25, 0.3) is 0 Å². The molecule has 0 radical (unpaired) electrons. The van der Waals surface area contributed by atoms with Crippen LogP contribution in [-0.2, 0) is 16.6 Å². The highest BCUT2D eigenvalue weighted by atomic mass is 32.2. The third kappa shape index (κ3) is 4.07. The zero-order valence-electron chi connectivity index (χ0n) is 10.9. The van der Waals surface area contributed by atoms with Crippen molar-refractivity contribution in [1.29, 1.82) is 0 Å². The number of hydrogen-bond donors (Lipinski definition) is 2. The van der Waals surface area contributed by atoms with Crippen LogP contribution in [0.25, 0.3) is 0 Å². The van der Waals surface area contributed by atoms with Gasteiger partial charge in [-0.25, -0.2) is 17.5 Å². The summed E-state index contributed by atoms with van der Waals surface area (Å²) in [6.45, 7) is -0.00259. The first-order valence-corrected chi connectivity index (χ1v) is 7.91. The van der Waals surface area contributed by atoms with Gasteiger partial charge in [0, 0.05) is 12.1 Å². The van der Waals surface area contributed by atoms with Crippen molar-refractivity contribution in [3.05, 3.63) is 65.5 Å². The van der Waals surface area contributed by atoms with Gasteiger partial charge in [0.1, 0.15) is 10.8 Å². The maximum Gasteiger partial charge on any atom is 0.240 e. The van der Waals surface area contributed by atoms with Gasteiger partial charge in [-0.05, 0) is 29.8 Å². The Balaban J connectivity index is 2.19. The summed E-state index contributed by atoms with van der Waals surface area (Å²) in [6, 6.07) is 11.8. The highest BCUT2D eigenvalue weighted by Gasteiger charge is 2.14. The molecule has 7 heteroatoms. The lowest BCUT2D eigenvalue weighted by molar-refractivity contribution is 0.580. The molecule has 0 aliphatic heterocycles. The topological polar surface area (TPSA) is 72.2 Å². The average Bonchev–Trinajstić information content (AvgIpc) is 2.45. The Morgan fingerprint density at radius 3 is 2.57 bits per heavy atom. The predicted molar refractivity (Wildman–Crippen MR) is 82.8 cm³/mol. The molecular weight excluding hydrogens is 311 g/mol. The fourth-order valence-electron chi connectivity index (χ4n) is 1.73. The van der Waals surface area contributed by atoms with Gasteiger partial charge in [-0.15, -0.1) is 0 Å². The molecule has 0 aliphatic rings. The van der Waals surface area contributed by atoms with Crippen molar-refractivity contribution in [3.63, 3.8) is 0 Å². The molecule has 2 rings (SSSR count). The first kappa shape index (κ1) is 15.6. The van der Waals surface area contributed by atoms with Gasteiger partial charge in [-0.1, -0.05) is 36.5 Å². The summed E-state index contributed by atoms with van der Waals surface area (Å²) in [5.74, 6) is -0.415. The highest BCUT2D eigenvalue weighted by Crippen LogP contribution is 2.12. The number of hydrogen-bond acceptors (Lipinski definition) is 3. The molecule has 2 aromatic carbocycles. The summed E-state index contributed by atoms with van der Waals surface area (Å²) in [6.07, 6.45) is 0. The van der Waals surface area contributed by atoms with E-state index in [1.165, 1.54) is 30.3 Å². The van der Waals surface area contributed by atoms with Gasteiger partial charge in [0.2, 0.25) is 10.0 Å². The second-order valence-electron chi connectivity index (χ2n) is 4.35. The number of nitrogens with one attached hydrogen (secondary N) is 1. The molecule has 0 saturated carbocycles. The van der Waals surface area contributed by atoms with Crippen LogP contribution in [0, 0.1) is 5.82 Å². The Bertz CT molecular complexity index is 776. The van der Waals surface area contributed by atoms with E-state index in [-0.39, 0.29) is 16.4 Å². The van der Waals surface area contributed by atoms with Gasteiger partial charge in [-0.3, -0.25) is 0 Å². The molecule has 0 atom stereocenters. The number of halogens is 1. The Labute approximate surface area is 127 Å². The van der Waals surface area contributed by atoms with Crippen LogP contribution in [0.1, 0.15) is 11.1 Å². The first-order valence-electron chi connectivity index (χ1n) is 6.02. The minimum absolute atomic E-state index is 0.00259. The monoisotopic (exact) mass is 324 g/mol. The van der Waals surface area contributed by atoms with E-state index in [1.54, 1.807) is 18.2 Å². The van der Waals surface area contributed by atoms with Gasteiger partial charge in [0.15, 0.2) is 0 Å². The molecule has 0 amide bonds. The molecule has 0 spiro atoms. The summed E-state index contributed by atoms with van der Waals surface area (Å²) in [7, 11) is -3.71. The van der Waals surface area contributed by atoms with E-state index >= 15 is 0 Å². The van der Waals surface area contributed by atoms with Crippen LogP contribution < -0.4 is 10.5 Å². The Hall–Kier alpha value is -1.83. The Morgan fingerprint density at radius 1 is 1.19 bits per heavy atom. The van der Waals surface area contributed by atoms with Crippen LogP contribution in [-0.4, -0.2) is 13.4 Å². The maximum absolute atomic E-state index is 13.0. The zero-order chi connectivity index (χ0) is 15.5. The molecule has 4 nitrogen and oxygen atoms in total. The number of rotatable bonds is 5. The van der Waals surface area contributed by atoms with Crippen LogP contribution in [0.4, 0.5) is 4.39 Å². The van der Waals surface area contributed by atoms with E-state index < -0.39 is 15.8 Å². The Kier molecular flexibility index (Phi) is 4.66. The van der Waals surface area contributed by atoms with E-state index in [9.17, 15) is 12.8 Å². The standard InChI is InChI=1S/C14H13FN2O2S2/c15-12-5-1-3-10(7-12)9-17-21(18,19)13-6-2-4-11(8-13)14(16)20/h1-8,17H,9H2,(H2,16,20). The Morgan fingerprint density at radius 2 is 1.90 bits per heavy atom.